The summed E-state index contributed by atoms with van der Waals surface area (Å²) in [5, 5.41) is 10.5. The Labute approximate surface area is 191 Å². The largest absolute Gasteiger partial charge is 0.505 e. The summed E-state index contributed by atoms with van der Waals surface area (Å²) in [5.74, 6) is -11.1. The number of primary amides is 2. The molecule has 5 N–H and O–H groups in total. The third-order valence-electron chi connectivity index (χ3n) is 7.44. The maximum atomic E-state index is 14.3. The molecule has 0 aromatic heterocycles. The predicted molar refractivity (Wildman–Crippen MR) is 108 cm³/mol. The maximum Gasteiger partial charge on any atom is 0.328 e. The number of phenolic OH excluding ortho intramolecular Hbond substituents is 1. The first-order chi connectivity index (χ1) is 16.1. The van der Waals surface area contributed by atoms with E-state index < -0.39 is 82.8 Å². The first-order valence-corrected chi connectivity index (χ1v) is 10.6. The van der Waals surface area contributed by atoms with E-state index in [0.29, 0.717) is 15.4 Å². The molecule has 1 aromatic rings. The van der Waals surface area contributed by atoms with E-state index >= 15 is 0 Å². The first kappa shape index (κ1) is 21.7. The zero-order valence-electron chi connectivity index (χ0n) is 17.5. The fourth-order valence-electron chi connectivity index (χ4n) is 6.15. The second kappa shape index (κ2) is 7.20. The van der Waals surface area contributed by atoms with Gasteiger partial charge in [0, 0.05) is 11.5 Å². The minimum Gasteiger partial charge on any atom is -0.505 e. The lowest BCUT2D eigenvalue weighted by Crippen LogP contribution is -2.44. The van der Waals surface area contributed by atoms with Crippen molar-refractivity contribution in [3.05, 3.63) is 41.2 Å². The number of rotatable bonds is 1. The Morgan fingerprint density at radius 1 is 0.882 bits per heavy atom. The zero-order valence-corrected chi connectivity index (χ0v) is 17.5. The van der Waals surface area contributed by atoms with Gasteiger partial charge in [-0.1, -0.05) is 23.8 Å². The van der Waals surface area contributed by atoms with Crippen molar-refractivity contribution in [1.29, 1.82) is 0 Å². The number of fused-ring (bicyclic) bond motifs is 4. The smallest absolute Gasteiger partial charge is 0.328 e. The van der Waals surface area contributed by atoms with Crippen LogP contribution in [0.1, 0.15) is 24.3 Å². The molecule has 11 nitrogen and oxygen atoms in total. The highest BCUT2D eigenvalue weighted by Gasteiger charge is 2.63. The lowest BCUT2D eigenvalue weighted by atomic mass is 9.57. The minimum atomic E-state index is -1.27. The average molecular weight is 470 g/mol. The van der Waals surface area contributed by atoms with Gasteiger partial charge >= 0.3 is 12.1 Å². The van der Waals surface area contributed by atoms with E-state index in [4.69, 9.17) is 11.5 Å². The number of para-hydroxylation sites is 1. The molecule has 0 unspecified atom stereocenters. The highest BCUT2D eigenvalue weighted by Crippen LogP contribution is 2.58. The van der Waals surface area contributed by atoms with Crippen LogP contribution in [0.15, 0.2) is 29.8 Å². The number of allylic oxidation sites excluding steroid dienone is 2. The molecule has 8 amide bonds. The normalized spacial score (nSPS) is 32.3. The Balaban J connectivity index is 1.69. The monoisotopic (exact) mass is 470 g/mol. The maximum absolute atomic E-state index is 14.3. The molecule has 1 saturated carbocycles. The van der Waals surface area contributed by atoms with Crippen LogP contribution < -0.4 is 11.5 Å². The lowest BCUT2D eigenvalue weighted by Gasteiger charge is -2.44. The number of benzene rings is 1. The van der Waals surface area contributed by atoms with Crippen molar-refractivity contribution in [3.63, 3.8) is 0 Å². The van der Waals surface area contributed by atoms with Crippen molar-refractivity contribution in [2.75, 3.05) is 0 Å². The molecule has 34 heavy (non-hydrogen) atoms. The number of hydrogen-bond donors (Lipinski definition) is 3. The number of carbonyl (C=O) groups is 6. The van der Waals surface area contributed by atoms with Gasteiger partial charge in [0.15, 0.2) is 11.6 Å². The van der Waals surface area contributed by atoms with Crippen LogP contribution in [0, 0.1) is 35.4 Å². The Morgan fingerprint density at radius 3 is 2.09 bits per heavy atom. The molecular formula is C22H19FN4O7. The number of aromatic hydroxyl groups is 1. The van der Waals surface area contributed by atoms with E-state index in [1.807, 2.05) is 0 Å². The molecule has 176 valence electrons. The Kier molecular flexibility index (Phi) is 4.61. The van der Waals surface area contributed by atoms with E-state index in [2.05, 4.69) is 0 Å². The van der Waals surface area contributed by atoms with E-state index in [1.165, 1.54) is 12.1 Å². The molecule has 2 aliphatic carbocycles. The second-order valence-electron chi connectivity index (χ2n) is 8.90. The Morgan fingerprint density at radius 2 is 1.47 bits per heavy atom. The number of nitrogens with two attached hydrogens (primary N) is 2. The van der Waals surface area contributed by atoms with Gasteiger partial charge in [-0.05, 0) is 24.8 Å². The van der Waals surface area contributed by atoms with Crippen molar-refractivity contribution < 1.29 is 38.3 Å². The third-order valence-corrected chi connectivity index (χ3v) is 7.44. The van der Waals surface area contributed by atoms with Crippen molar-refractivity contribution >= 4 is 35.7 Å². The summed E-state index contributed by atoms with van der Waals surface area (Å²) in [6.07, 6.45) is 1.58. The molecule has 5 rings (SSSR count). The quantitative estimate of drug-likeness (QED) is 0.390. The van der Waals surface area contributed by atoms with Crippen LogP contribution in [0.5, 0.6) is 5.75 Å². The third kappa shape index (κ3) is 2.68. The van der Waals surface area contributed by atoms with Crippen LogP contribution in [0.3, 0.4) is 0 Å². The number of urea groups is 2. The zero-order chi connectivity index (χ0) is 24.6. The van der Waals surface area contributed by atoms with Gasteiger partial charge in [0.1, 0.15) is 0 Å². The summed E-state index contributed by atoms with van der Waals surface area (Å²) < 4.78 is 14.3. The van der Waals surface area contributed by atoms with Gasteiger partial charge in [0.25, 0.3) is 0 Å². The van der Waals surface area contributed by atoms with Crippen LogP contribution in [0.4, 0.5) is 14.0 Å². The topological polar surface area (TPSA) is 181 Å². The SMILES string of the molecule is NC(=O)N1C(=O)[C@H]2[C@H](CC=C3[C@H]2C[C@H]2C(=O)N(C(N)=O)C(=O)[C@H]2[C@H]3c2cccc(F)c2O)C1=O. The number of likely N-dealkylation sites (tertiary alicyclic amines) is 2. The summed E-state index contributed by atoms with van der Waals surface area (Å²) in [6.45, 7) is 0. The highest BCUT2D eigenvalue weighted by atomic mass is 19.1. The lowest BCUT2D eigenvalue weighted by molar-refractivity contribution is -0.138. The van der Waals surface area contributed by atoms with Crippen LogP contribution in [-0.4, -0.2) is 50.6 Å². The number of halogens is 1. The summed E-state index contributed by atoms with van der Waals surface area (Å²) >= 11 is 0. The molecule has 0 spiro atoms. The second-order valence-corrected chi connectivity index (χ2v) is 8.90. The Bertz CT molecular complexity index is 1240. The molecule has 12 heteroatoms. The molecule has 2 aliphatic heterocycles. The minimum absolute atomic E-state index is 0.000371. The fourth-order valence-corrected chi connectivity index (χ4v) is 6.15. The van der Waals surface area contributed by atoms with Gasteiger partial charge in [-0.25, -0.2) is 14.0 Å². The van der Waals surface area contributed by atoms with Gasteiger partial charge in [-0.2, -0.15) is 9.80 Å². The number of phenols is 1. The first-order valence-electron chi connectivity index (χ1n) is 10.6. The standard InChI is InChI=1S/C22H19FN4O7/c23-12-3-1-2-8(16(12)28)13-7-4-5-9-14(19(31)26(17(9)29)21(24)33)10(7)6-11-15(13)20(32)27(18(11)30)22(25)34/h1-4,9-11,13-15,28H,5-6H2,(H2,24,33)(H2,25,34)/t9-,10+,11+,13+,14-,15+/m0/s1. The molecule has 0 radical (unpaired) electrons. The molecular weight excluding hydrogens is 451 g/mol. The van der Waals surface area contributed by atoms with Crippen molar-refractivity contribution in [2.45, 2.75) is 18.8 Å². The van der Waals surface area contributed by atoms with Gasteiger partial charge in [0.05, 0.1) is 23.7 Å². The molecule has 6 atom stereocenters. The van der Waals surface area contributed by atoms with Crippen LogP contribution in [-0.2, 0) is 19.2 Å². The summed E-state index contributed by atoms with van der Waals surface area (Å²) in [6, 6.07) is 1.24. The van der Waals surface area contributed by atoms with Gasteiger partial charge in [0.2, 0.25) is 23.6 Å². The summed E-state index contributed by atoms with van der Waals surface area (Å²) in [4.78, 5) is 76.2. The number of imide groups is 6. The number of amides is 8. The fraction of sp³-hybridized carbons (Fsp3) is 0.364. The van der Waals surface area contributed by atoms with E-state index in [1.54, 1.807) is 6.08 Å². The summed E-state index contributed by atoms with van der Waals surface area (Å²) in [5.41, 5.74) is 10.9. The van der Waals surface area contributed by atoms with Gasteiger partial charge in [-0.3, -0.25) is 19.2 Å². The number of nitrogens with zero attached hydrogens (tertiary/aromatic N) is 2. The summed E-state index contributed by atoms with van der Waals surface area (Å²) in [7, 11) is 0. The van der Waals surface area contributed by atoms with E-state index in [-0.39, 0.29) is 18.4 Å². The van der Waals surface area contributed by atoms with Crippen LogP contribution in [0.2, 0.25) is 0 Å². The average Bonchev–Trinajstić information content (AvgIpc) is 3.18. The van der Waals surface area contributed by atoms with Crippen molar-refractivity contribution in [3.8, 4) is 5.75 Å². The van der Waals surface area contributed by atoms with Crippen LogP contribution >= 0.6 is 0 Å². The Hall–Kier alpha value is -4.09. The molecule has 2 heterocycles. The number of hydrogen-bond acceptors (Lipinski definition) is 7. The number of carbonyl (C=O) groups excluding carboxylic acids is 6. The van der Waals surface area contributed by atoms with E-state index in [9.17, 15) is 38.3 Å². The van der Waals surface area contributed by atoms with Gasteiger partial charge < -0.3 is 16.6 Å². The molecule has 3 fully saturated rings. The highest BCUT2D eigenvalue weighted by molar-refractivity contribution is 6.18. The van der Waals surface area contributed by atoms with E-state index in [0.717, 1.165) is 6.07 Å². The predicted octanol–water partition coefficient (Wildman–Crippen LogP) is 0.325. The van der Waals surface area contributed by atoms with Crippen LogP contribution in [0.25, 0.3) is 0 Å². The van der Waals surface area contributed by atoms with Gasteiger partial charge in [-0.15, -0.1) is 0 Å². The van der Waals surface area contributed by atoms with Crippen molar-refractivity contribution in [1.82, 2.24) is 9.80 Å². The molecule has 0 bridgehead atoms. The molecule has 4 aliphatic rings. The molecule has 2 saturated heterocycles. The van der Waals surface area contributed by atoms with Crippen molar-refractivity contribution in [2.24, 2.45) is 41.1 Å². The molecule has 1 aromatic carbocycles.